The molecule has 0 atom stereocenters. The van der Waals surface area contributed by atoms with Crippen molar-refractivity contribution in [2.45, 2.75) is 26.8 Å². The Bertz CT molecular complexity index is 547. The molecule has 18 heavy (non-hydrogen) atoms. The molecule has 1 aromatic carbocycles. The van der Waals surface area contributed by atoms with Crippen LogP contribution < -0.4 is 10.6 Å². The molecular weight excluding hydrogens is 228 g/mol. The highest BCUT2D eigenvalue weighted by molar-refractivity contribution is 5.76. The molecule has 0 aliphatic carbocycles. The van der Waals surface area contributed by atoms with Gasteiger partial charge in [-0.3, -0.25) is 0 Å². The third-order valence-electron chi connectivity index (χ3n) is 2.65. The van der Waals surface area contributed by atoms with E-state index < -0.39 is 0 Å². The molecule has 0 spiro atoms. The molecule has 5 heteroatoms. The molecule has 0 aliphatic heterocycles. The van der Waals surface area contributed by atoms with Crippen molar-refractivity contribution in [1.29, 1.82) is 0 Å². The Hall–Kier alpha value is -2.04. The highest BCUT2D eigenvalue weighted by Crippen LogP contribution is 2.13. The molecule has 96 valence electrons. The molecule has 0 fully saturated rings. The van der Waals surface area contributed by atoms with E-state index in [1.165, 1.54) is 0 Å². The third-order valence-corrected chi connectivity index (χ3v) is 2.65. The number of benzene rings is 1. The second-order valence-electron chi connectivity index (χ2n) is 4.28. The summed E-state index contributed by atoms with van der Waals surface area (Å²) in [5, 5.41) is 5.59. The Morgan fingerprint density at radius 3 is 3.00 bits per heavy atom. The zero-order valence-electron chi connectivity index (χ0n) is 10.7. The van der Waals surface area contributed by atoms with E-state index in [2.05, 4.69) is 20.6 Å². The molecule has 2 rings (SSSR count). The van der Waals surface area contributed by atoms with Crippen molar-refractivity contribution in [3.8, 4) is 0 Å². The maximum Gasteiger partial charge on any atom is 0.315 e. The molecule has 2 amide bonds. The largest absolute Gasteiger partial charge is 0.342 e. The number of urea groups is 1. The average molecular weight is 246 g/mol. The number of fused-ring (bicyclic) bond motifs is 1. The molecule has 5 nitrogen and oxygen atoms in total. The van der Waals surface area contributed by atoms with E-state index in [0.29, 0.717) is 13.1 Å². The maximum atomic E-state index is 11.4. The third kappa shape index (κ3) is 3.00. The Morgan fingerprint density at radius 2 is 2.22 bits per heavy atom. The lowest BCUT2D eigenvalue weighted by Gasteiger charge is -2.06. The quantitative estimate of drug-likeness (QED) is 0.773. The van der Waals surface area contributed by atoms with E-state index in [4.69, 9.17) is 0 Å². The lowest BCUT2D eigenvalue weighted by molar-refractivity contribution is 0.240. The van der Waals surface area contributed by atoms with E-state index in [0.717, 1.165) is 28.8 Å². The minimum Gasteiger partial charge on any atom is -0.342 e. The van der Waals surface area contributed by atoms with Crippen LogP contribution in [-0.2, 0) is 6.54 Å². The molecule has 0 radical (unpaired) electrons. The summed E-state index contributed by atoms with van der Waals surface area (Å²) in [6, 6.07) is 5.82. The summed E-state index contributed by atoms with van der Waals surface area (Å²) in [5.74, 6) is 0.899. The zero-order valence-corrected chi connectivity index (χ0v) is 10.7. The van der Waals surface area contributed by atoms with Gasteiger partial charge in [0, 0.05) is 13.1 Å². The minimum absolute atomic E-state index is 0.127. The zero-order chi connectivity index (χ0) is 13.0. The van der Waals surface area contributed by atoms with Gasteiger partial charge in [0.05, 0.1) is 11.0 Å². The monoisotopic (exact) mass is 246 g/mol. The average Bonchev–Trinajstić information content (AvgIpc) is 2.73. The first kappa shape index (κ1) is 12.4. The van der Waals surface area contributed by atoms with Crippen molar-refractivity contribution >= 4 is 17.1 Å². The Kier molecular flexibility index (Phi) is 3.82. The van der Waals surface area contributed by atoms with Crippen LogP contribution in [0.3, 0.4) is 0 Å². The van der Waals surface area contributed by atoms with Gasteiger partial charge in [0.25, 0.3) is 0 Å². The molecule has 0 unspecified atom stereocenters. The number of hydrogen-bond donors (Lipinski definition) is 3. The number of carbonyl (C=O) groups is 1. The summed E-state index contributed by atoms with van der Waals surface area (Å²) in [6.45, 7) is 5.17. The summed E-state index contributed by atoms with van der Waals surface area (Å²) in [6.07, 6.45) is 0.937. The van der Waals surface area contributed by atoms with Crippen molar-refractivity contribution in [2.75, 3.05) is 6.54 Å². The van der Waals surface area contributed by atoms with Crippen LogP contribution in [0, 0.1) is 6.92 Å². The predicted molar refractivity (Wildman–Crippen MR) is 71.4 cm³/mol. The number of nitrogens with zero attached hydrogens (tertiary/aromatic N) is 1. The summed E-state index contributed by atoms with van der Waals surface area (Å²) in [7, 11) is 0. The number of H-pyrrole nitrogens is 1. The number of carbonyl (C=O) groups excluding carboxylic acids is 1. The summed E-state index contributed by atoms with van der Waals surface area (Å²) in [4.78, 5) is 18.9. The topological polar surface area (TPSA) is 69.8 Å². The lowest BCUT2D eigenvalue weighted by Crippen LogP contribution is -2.35. The molecule has 0 saturated carbocycles. The van der Waals surface area contributed by atoms with Crippen molar-refractivity contribution in [1.82, 2.24) is 20.6 Å². The number of nitrogens with one attached hydrogen (secondary N) is 3. The fourth-order valence-corrected chi connectivity index (χ4v) is 1.78. The normalized spacial score (nSPS) is 10.6. The van der Waals surface area contributed by atoms with Crippen LogP contribution in [0.15, 0.2) is 18.2 Å². The van der Waals surface area contributed by atoms with Crippen LogP contribution >= 0.6 is 0 Å². The molecular formula is C13H18N4O. The van der Waals surface area contributed by atoms with Gasteiger partial charge in [-0.25, -0.2) is 9.78 Å². The smallest absolute Gasteiger partial charge is 0.315 e. The van der Waals surface area contributed by atoms with E-state index in [-0.39, 0.29) is 6.03 Å². The molecule has 3 N–H and O–H groups in total. The number of hydrogen-bond acceptors (Lipinski definition) is 2. The highest BCUT2D eigenvalue weighted by Gasteiger charge is 2.02. The van der Waals surface area contributed by atoms with Crippen molar-refractivity contribution in [3.63, 3.8) is 0 Å². The molecule has 0 bridgehead atoms. The Morgan fingerprint density at radius 1 is 1.39 bits per heavy atom. The first-order valence-corrected chi connectivity index (χ1v) is 6.16. The standard InChI is InChI=1S/C13H18N4O/c1-3-6-14-13(18)15-8-10-4-5-11-12(7-10)17-9(2)16-11/h4-5,7H,3,6,8H2,1-2H3,(H,16,17)(H2,14,15,18). The first-order chi connectivity index (χ1) is 8.69. The van der Waals surface area contributed by atoms with Gasteiger partial charge in [-0.1, -0.05) is 13.0 Å². The summed E-state index contributed by atoms with van der Waals surface area (Å²) >= 11 is 0. The van der Waals surface area contributed by atoms with Crippen LogP contribution in [-0.4, -0.2) is 22.5 Å². The van der Waals surface area contributed by atoms with E-state index >= 15 is 0 Å². The number of aromatic nitrogens is 2. The van der Waals surface area contributed by atoms with Gasteiger partial charge in [0.2, 0.25) is 0 Å². The molecule has 0 saturated heterocycles. The second kappa shape index (κ2) is 5.53. The van der Waals surface area contributed by atoms with E-state index in [9.17, 15) is 4.79 Å². The minimum atomic E-state index is -0.127. The van der Waals surface area contributed by atoms with Gasteiger partial charge < -0.3 is 15.6 Å². The second-order valence-corrected chi connectivity index (χ2v) is 4.28. The van der Waals surface area contributed by atoms with E-state index in [1.54, 1.807) is 0 Å². The summed E-state index contributed by atoms with van der Waals surface area (Å²) < 4.78 is 0. The highest BCUT2D eigenvalue weighted by atomic mass is 16.2. The van der Waals surface area contributed by atoms with Crippen molar-refractivity contribution < 1.29 is 4.79 Å². The van der Waals surface area contributed by atoms with E-state index in [1.807, 2.05) is 32.0 Å². The Balaban J connectivity index is 1.97. The Labute approximate surface area is 106 Å². The molecule has 2 aromatic rings. The van der Waals surface area contributed by atoms with Crippen LogP contribution in [0.25, 0.3) is 11.0 Å². The van der Waals surface area contributed by atoms with Gasteiger partial charge >= 0.3 is 6.03 Å². The van der Waals surface area contributed by atoms with Crippen LogP contribution in [0.2, 0.25) is 0 Å². The van der Waals surface area contributed by atoms with Gasteiger partial charge in [-0.05, 0) is 31.0 Å². The number of imidazole rings is 1. The van der Waals surface area contributed by atoms with Gasteiger partial charge in [0.1, 0.15) is 5.82 Å². The molecule has 1 aromatic heterocycles. The number of aryl methyl sites for hydroxylation is 1. The number of rotatable bonds is 4. The van der Waals surface area contributed by atoms with Gasteiger partial charge in [-0.2, -0.15) is 0 Å². The van der Waals surface area contributed by atoms with Crippen LogP contribution in [0.1, 0.15) is 24.7 Å². The van der Waals surface area contributed by atoms with Gasteiger partial charge in [-0.15, -0.1) is 0 Å². The number of aromatic amines is 1. The van der Waals surface area contributed by atoms with Crippen LogP contribution in [0.5, 0.6) is 0 Å². The molecule has 1 heterocycles. The SMILES string of the molecule is CCCNC(=O)NCc1ccc2nc(C)[nH]c2c1. The van der Waals surface area contributed by atoms with Crippen molar-refractivity contribution in [2.24, 2.45) is 0 Å². The fraction of sp³-hybridized carbons (Fsp3) is 0.385. The predicted octanol–water partition coefficient (Wildman–Crippen LogP) is 2.08. The van der Waals surface area contributed by atoms with Gasteiger partial charge in [0.15, 0.2) is 0 Å². The number of amides is 2. The van der Waals surface area contributed by atoms with Crippen LogP contribution in [0.4, 0.5) is 4.79 Å². The maximum absolute atomic E-state index is 11.4. The first-order valence-electron chi connectivity index (χ1n) is 6.16. The fourth-order valence-electron chi connectivity index (χ4n) is 1.78. The van der Waals surface area contributed by atoms with Crippen molar-refractivity contribution in [3.05, 3.63) is 29.6 Å². The lowest BCUT2D eigenvalue weighted by atomic mass is 10.2. The molecule has 0 aliphatic rings. The summed E-state index contributed by atoms with van der Waals surface area (Å²) in [5.41, 5.74) is 3.00.